The van der Waals surface area contributed by atoms with Crippen LogP contribution in [-0.2, 0) is 15.8 Å². The van der Waals surface area contributed by atoms with Crippen LogP contribution in [0.25, 0.3) is 0 Å². The molecule has 2 aliphatic heterocycles. The van der Waals surface area contributed by atoms with Gasteiger partial charge in [-0.1, -0.05) is 6.07 Å². The molecule has 2 heterocycles. The molecule has 0 bridgehead atoms. The summed E-state index contributed by atoms with van der Waals surface area (Å²) in [6, 6.07) is 12.5. The van der Waals surface area contributed by atoms with E-state index in [0.717, 1.165) is 68.9 Å². The summed E-state index contributed by atoms with van der Waals surface area (Å²) in [6.45, 7) is 4.67. The zero-order valence-electron chi connectivity index (χ0n) is 22.1. The second kappa shape index (κ2) is 12.1. The first-order chi connectivity index (χ1) is 18.5. The molecular formula is C28H34F3N5O3. The van der Waals surface area contributed by atoms with Gasteiger partial charge in [0.05, 0.1) is 12.1 Å². The van der Waals surface area contributed by atoms with Crippen LogP contribution in [0.1, 0.15) is 42.1 Å². The van der Waals surface area contributed by atoms with Gasteiger partial charge in [-0.25, -0.2) is 0 Å². The summed E-state index contributed by atoms with van der Waals surface area (Å²) in [7, 11) is 1.76. The van der Waals surface area contributed by atoms with E-state index in [4.69, 9.17) is 0 Å². The molecule has 1 atom stereocenters. The number of anilines is 2. The first kappa shape index (κ1) is 28.4. The Kier molecular flexibility index (Phi) is 8.79. The Morgan fingerprint density at radius 3 is 2.33 bits per heavy atom. The quantitative estimate of drug-likeness (QED) is 0.558. The Morgan fingerprint density at radius 1 is 1.00 bits per heavy atom. The minimum absolute atomic E-state index is 0.0106. The maximum absolute atomic E-state index is 12.9. The van der Waals surface area contributed by atoms with Gasteiger partial charge in [0.1, 0.15) is 0 Å². The molecule has 2 fully saturated rings. The first-order valence-electron chi connectivity index (χ1n) is 13.1. The Morgan fingerprint density at radius 2 is 1.69 bits per heavy atom. The summed E-state index contributed by atoms with van der Waals surface area (Å²) in [5.41, 5.74) is 0.941. The number of benzene rings is 2. The van der Waals surface area contributed by atoms with Gasteiger partial charge in [0.15, 0.2) is 0 Å². The minimum Gasteiger partial charge on any atom is -0.371 e. The Labute approximate surface area is 226 Å². The topological polar surface area (TPSA) is 85.0 Å². The van der Waals surface area contributed by atoms with Crippen LogP contribution in [0.2, 0.25) is 0 Å². The molecule has 2 N–H and O–H groups in total. The summed E-state index contributed by atoms with van der Waals surface area (Å²) < 4.78 is 38.6. The van der Waals surface area contributed by atoms with Crippen molar-refractivity contribution in [1.82, 2.24) is 15.5 Å². The van der Waals surface area contributed by atoms with Gasteiger partial charge in [-0.05, 0) is 61.7 Å². The van der Waals surface area contributed by atoms with Crippen LogP contribution in [0.5, 0.6) is 0 Å². The van der Waals surface area contributed by atoms with E-state index in [1.807, 2.05) is 24.3 Å². The predicted molar refractivity (Wildman–Crippen MR) is 143 cm³/mol. The van der Waals surface area contributed by atoms with E-state index in [1.54, 1.807) is 11.9 Å². The second-order valence-electron chi connectivity index (χ2n) is 10.1. The van der Waals surface area contributed by atoms with Gasteiger partial charge >= 0.3 is 6.18 Å². The van der Waals surface area contributed by atoms with Crippen molar-refractivity contribution in [2.24, 2.45) is 0 Å². The molecule has 2 saturated heterocycles. The minimum atomic E-state index is -4.54. The van der Waals surface area contributed by atoms with Crippen LogP contribution in [0.3, 0.4) is 0 Å². The maximum Gasteiger partial charge on any atom is 0.416 e. The molecule has 0 radical (unpaired) electrons. The van der Waals surface area contributed by atoms with Crippen LogP contribution >= 0.6 is 0 Å². The van der Waals surface area contributed by atoms with Gasteiger partial charge < -0.3 is 20.4 Å². The number of rotatable bonds is 7. The molecule has 0 aliphatic carbocycles. The lowest BCUT2D eigenvalue weighted by Gasteiger charge is -2.38. The number of alkyl halides is 3. The number of piperidine rings is 1. The van der Waals surface area contributed by atoms with Crippen molar-refractivity contribution in [3.05, 3.63) is 59.7 Å². The number of nitrogens with zero attached hydrogens (tertiary/aromatic N) is 3. The van der Waals surface area contributed by atoms with Gasteiger partial charge in [0, 0.05) is 69.2 Å². The van der Waals surface area contributed by atoms with Crippen molar-refractivity contribution in [1.29, 1.82) is 0 Å². The molecule has 2 aromatic rings. The molecule has 0 spiro atoms. The van der Waals surface area contributed by atoms with Crippen molar-refractivity contribution in [2.75, 3.05) is 49.6 Å². The molecule has 3 amide bonds. The zero-order valence-corrected chi connectivity index (χ0v) is 22.1. The molecule has 210 valence electrons. The SMILES string of the molecule is CC(=O)N(C)c1ccc(N2CCC(N3CC[C@@H](NC(=O)CNC(=O)c4cccc(C(F)(F)F)c4)C3)CC2)cc1. The summed E-state index contributed by atoms with van der Waals surface area (Å²) in [6.07, 6.45) is -1.73. The molecule has 8 nitrogen and oxygen atoms in total. The highest BCUT2D eigenvalue weighted by Gasteiger charge is 2.32. The highest BCUT2D eigenvalue weighted by atomic mass is 19.4. The van der Waals surface area contributed by atoms with E-state index >= 15 is 0 Å². The van der Waals surface area contributed by atoms with Gasteiger partial charge in [0.2, 0.25) is 11.8 Å². The van der Waals surface area contributed by atoms with Crippen molar-refractivity contribution in [2.45, 2.75) is 44.4 Å². The smallest absolute Gasteiger partial charge is 0.371 e. The normalized spacial score (nSPS) is 18.6. The lowest BCUT2D eigenvalue weighted by molar-refractivity contribution is -0.137. The van der Waals surface area contributed by atoms with E-state index < -0.39 is 17.6 Å². The third kappa shape index (κ3) is 7.29. The van der Waals surface area contributed by atoms with E-state index in [2.05, 4.69) is 20.4 Å². The molecule has 0 unspecified atom stereocenters. The molecule has 0 aromatic heterocycles. The number of carbonyl (C=O) groups is 3. The molecule has 11 heteroatoms. The summed E-state index contributed by atoms with van der Waals surface area (Å²) in [5.74, 6) is -1.10. The average Bonchev–Trinajstić information content (AvgIpc) is 3.39. The fourth-order valence-electron chi connectivity index (χ4n) is 5.17. The average molecular weight is 546 g/mol. The number of amides is 3. The molecule has 4 rings (SSSR count). The van der Waals surface area contributed by atoms with E-state index in [9.17, 15) is 27.6 Å². The largest absolute Gasteiger partial charge is 0.416 e. The van der Waals surface area contributed by atoms with Crippen LogP contribution in [0.4, 0.5) is 24.5 Å². The van der Waals surface area contributed by atoms with Gasteiger partial charge in [-0.3, -0.25) is 19.3 Å². The lowest BCUT2D eigenvalue weighted by Crippen LogP contribution is -2.46. The zero-order chi connectivity index (χ0) is 28.2. The lowest BCUT2D eigenvalue weighted by atomic mass is 10.0. The number of halogens is 3. The van der Waals surface area contributed by atoms with Gasteiger partial charge in [-0.15, -0.1) is 0 Å². The van der Waals surface area contributed by atoms with Crippen molar-refractivity contribution >= 4 is 29.1 Å². The standard InChI is InChI=1S/C28H34F3N5O3/c1-19(37)34(2)23-6-8-24(9-7-23)35-14-11-25(12-15-35)36-13-10-22(18-36)33-26(38)17-32-27(39)20-4-3-5-21(16-20)28(29,30)31/h3-9,16,22,25H,10-15,17-18H2,1-2H3,(H,32,39)(H,33,38)/t22-/m1/s1. The van der Waals surface area contributed by atoms with Crippen LogP contribution in [0.15, 0.2) is 48.5 Å². The Balaban J connectivity index is 1.19. The van der Waals surface area contributed by atoms with Crippen LogP contribution in [0, 0.1) is 0 Å². The third-order valence-electron chi connectivity index (χ3n) is 7.50. The van der Waals surface area contributed by atoms with Crippen LogP contribution < -0.4 is 20.4 Å². The third-order valence-corrected chi connectivity index (χ3v) is 7.50. The number of likely N-dealkylation sites (tertiary alicyclic amines) is 1. The number of hydrogen-bond acceptors (Lipinski definition) is 5. The van der Waals surface area contributed by atoms with Crippen molar-refractivity contribution in [3.63, 3.8) is 0 Å². The maximum atomic E-state index is 12.9. The molecule has 39 heavy (non-hydrogen) atoms. The van der Waals surface area contributed by atoms with Crippen LogP contribution in [-0.4, -0.2) is 74.5 Å². The van der Waals surface area contributed by atoms with Gasteiger partial charge in [0.25, 0.3) is 5.91 Å². The number of nitrogens with one attached hydrogen (secondary N) is 2. The second-order valence-corrected chi connectivity index (χ2v) is 10.1. The Hall–Kier alpha value is -3.60. The molecule has 0 saturated carbocycles. The first-order valence-corrected chi connectivity index (χ1v) is 13.1. The Bertz CT molecular complexity index is 1180. The fraction of sp³-hybridized carbons (Fsp3) is 0.464. The fourth-order valence-corrected chi connectivity index (χ4v) is 5.17. The predicted octanol–water partition coefficient (Wildman–Crippen LogP) is 3.28. The number of hydrogen-bond donors (Lipinski definition) is 2. The van der Waals surface area contributed by atoms with E-state index in [1.165, 1.54) is 19.1 Å². The monoisotopic (exact) mass is 545 g/mol. The molecular weight excluding hydrogens is 511 g/mol. The summed E-state index contributed by atoms with van der Waals surface area (Å²) in [5, 5.41) is 5.34. The van der Waals surface area contributed by atoms with Gasteiger partial charge in [-0.2, -0.15) is 13.2 Å². The molecule has 2 aromatic carbocycles. The van der Waals surface area contributed by atoms with Crippen molar-refractivity contribution in [3.8, 4) is 0 Å². The molecule has 2 aliphatic rings. The summed E-state index contributed by atoms with van der Waals surface area (Å²) >= 11 is 0. The number of carbonyl (C=O) groups excluding carboxylic acids is 3. The van der Waals surface area contributed by atoms with Crippen molar-refractivity contribution < 1.29 is 27.6 Å². The highest BCUT2D eigenvalue weighted by Crippen LogP contribution is 2.30. The summed E-state index contributed by atoms with van der Waals surface area (Å²) in [4.78, 5) is 42.6. The highest BCUT2D eigenvalue weighted by molar-refractivity contribution is 5.96. The van der Waals surface area contributed by atoms with E-state index in [0.29, 0.717) is 6.04 Å². The van der Waals surface area contributed by atoms with E-state index in [-0.39, 0.29) is 30.0 Å².